The molecule has 0 atom stereocenters. The summed E-state index contributed by atoms with van der Waals surface area (Å²) in [7, 11) is 3.22. The highest BCUT2D eigenvalue weighted by Crippen LogP contribution is 2.49. The number of hydrogen-bond donors (Lipinski definition) is 0. The molecule has 2 fully saturated rings. The number of pyridine rings is 1. The van der Waals surface area contributed by atoms with Crippen LogP contribution in [0.2, 0.25) is 0 Å². The van der Waals surface area contributed by atoms with Crippen LogP contribution in [0.1, 0.15) is 42.6 Å². The van der Waals surface area contributed by atoms with Crippen molar-refractivity contribution in [2.75, 3.05) is 7.11 Å². The van der Waals surface area contributed by atoms with Crippen molar-refractivity contribution in [3.05, 3.63) is 77.9 Å². The molecule has 0 unspecified atom stereocenters. The molecule has 0 aliphatic heterocycles. The molecular weight excluding hydrogens is 473 g/mol. The number of nitrogens with zero attached hydrogens (tertiary/aromatic N) is 5. The molecule has 2 aliphatic carbocycles. The second-order valence-corrected chi connectivity index (χ2v) is 9.68. The number of benzene rings is 1. The van der Waals surface area contributed by atoms with Crippen LogP contribution in [0.5, 0.6) is 5.88 Å². The minimum absolute atomic E-state index is 0.210. The summed E-state index contributed by atoms with van der Waals surface area (Å²) in [4.78, 5) is 25.4. The number of rotatable bonds is 8. The second-order valence-electron chi connectivity index (χ2n) is 9.68. The van der Waals surface area contributed by atoms with E-state index in [0.29, 0.717) is 29.1 Å². The number of carbonyl (C=O) groups is 1. The van der Waals surface area contributed by atoms with E-state index >= 15 is 4.39 Å². The summed E-state index contributed by atoms with van der Waals surface area (Å²) >= 11 is 0. The number of halogens is 1. The van der Waals surface area contributed by atoms with Gasteiger partial charge in [-0.25, -0.2) is 9.37 Å². The Balaban J connectivity index is 1.25. The monoisotopic (exact) mass is 499 g/mol. The number of aryl methyl sites for hydroxylation is 1. The van der Waals surface area contributed by atoms with E-state index in [2.05, 4.69) is 20.1 Å². The van der Waals surface area contributed by atoms with Crippen molar-refractivity contribution in [3.8, 4) is 28.3 Å². The fourth-order valence-electron chi connectivity index (χ4n) is 4.63. The van der Waals surface area contributed by atoms with Gasteiger partial charge in [0.2, 0.25) is 5.88 Å². The van der Waals surface area contributed by atoms with E-state index in [4.69, 9.17) is 9.47 Å². The lowest BCUT2D eigenvalue weighted by Gasteiger charge is -2.13. The van der Waals surface area contributed by atoms with Gasteiger partial charge in [0, 0.05) is 37.0 Å². The molecule has 37 heavy (non-hydrogen) atoms. The third kappa shape index (κ3) is 4.45. The molecule has 3 heterocycles. The van der Waals surface area contributed by atoms with Gasteiger partial charge in [-0.2, -0.15) is 5.10 Å². The van der Waals surface area contributed by atoms with Crippen LogP contribution in [-0.4, -0.2) is 43.9 Å². The topological polar surface area (TPSA) is 92.0 Å². The minimum Gasteiger partial charge on any atom is -0.473 e. The summed E-state index contributed by atoms with van der Waals surface area (Å²) in [5.41, 5.74) is 4.16. The Bertz CT molecular complexity index is 1480. The lowest BCUT2D eigenvalue weighted by Crippen LogP contribution is -2.21. The number of carbonyl (C=O) groups excluding carboxylic acids is 1. The molecule has 0 amide bonds. The Morgan fingerprint density at radius 2 is 1.89 bits per heavy atom. The van der Waals surface area contributed by atoms with Gasteiger partial charge in [-0.05, 0) is 42.9 Å². The summed E-state index contributed by atoms with van der Waals surface area (Å²) in [6.45, 7) is 0. The molecule has 2 saturated carbocycles. The molecule has 0 N–H and O–H groups in total. The summed E-state index contributed by atoms with van der Waals surface area (Å²) in [6, 6.07) is 9.07. The van der Waals surface area contributed by atoms with E-state index in [1.807, 2.05) is 31.3 Å². The first-order valence-corrected chi connectivity index (χ1v) is 12.3. The first-order chi connectivity index (χ1) is 18.0. The second kappa shape index (κ2) is 9.06. The van der Waals surface area contributed by atoms with Gasteiger partial charge in [0.1, 0.15) is 17.6 Å². The first kappa shape index (κ1) is 23.3. The van der Waals surface area contributed by atoms with Crippen molar-refractivity contribution in [2.24, 2.45) is 7.05 Å². The molecular formula is C28H26FN5O3. The molecule has 8 nitrogen and oxygen atoms in total. The SMILES string of the molecule is COC(=O)C1(c2ccc(-c3cnc(-c4cnn(C)c4Cc4cncc(OC5CC5)n4)c(F)c3)cc2)CC1. The Morgan fingerprint density at radius 3 is 2.57 bits per heavy atom. The van der Waals surface area contributed by atoms with Crippen molar-refractivity contribution in [1.29, 1.82) is 0 Å². The Morgan fingerprint density at radius 1 is 1.11 bits per heavy atom. The van der Waals surface area contributed by atoms with Crippen molar-refractivity contribution in [3.63, 3.8) is 0 Å². The van der Waals surface area contributed by atoms with Crippen molar-refractivity contribution in [2.45, 2.75) is 43.6 Å². The molecule has 3 aromatic heterocycles. The molecule has 0 radical (unpaired) electrons. The standard InChI is InChI=1S/C28H26FN5O3/c1-34-24(12-20-14-30-16-25(33-20)37-21-7-8-21)22(15-32-34)26-23(29)11-18(13-31-26)17-3-5-19(6-4-17)28(9-10-28)27(35)36-2/h3-6,11,13-16,21H,7-10,12H2,1-2H3. The Kier molecular flexibility index (Phi) is 5.70. The third-order valence-corrected chi connectivity index (χ3v) is 7.08. The van der Waals surface area contributed by atoms with Crippen molar-refractivity contribution < 1.29 is 18.7 Å². The fraction of sp³-hybridized carbons (Fsp3) is 0.321. The first-order valence-electron chi connectivity index (χ1n) is 12.3. The van der Waals surface area contributed by atoms with Crippen molar-refractivity contribution in [1.82, 2.24) is 24.7 Å². The molecule has 1 aromatic carbocycles. The van der Waals surface area contributed by atoms with Crippen LogP contribution >= 0.6 is 0 Å². The van der Waals surface area contributed by atoms with E-state index in [1.165, 1.54) is 13.2 Å². The molecule has 188 valence electrons. The molecule has 9 heteroatoms. The van der Waals surface area contributed by atoms with Gasteiger partial charge in [0.15, 0.2) is 0 Å². The van der Waals surface area contributed by atoms with Gasteiger partial charge in [-0.15, -0.1) is 0 Å². The van der Waals surface area contributed by atoms with Gasteiger partial charge in [-0.3, -0.25) is 19.4 Å². The van der Waals surface area contributed by atoms with Crippen LogP contribution in [-0.2, 0) is 28.4 Å². The fourth-order valence-corrected chi connectivity index (χ4v) is 4.63. The summed E-state index contributed by atoms with van der Waals surface area (Å²) in [6.07, 6.45) is 10.8. The Labute approximate surface area is 213 Å². The van der Waals surface area contributed by atoms with E-state index in [9.17, 15) is 4.79 Å². The molecule has 4 aromatic rings. The predicted octanol–water partition coefficient (Wildman–Crippen LogP) is 4.41. The molecule has 6 rings (SSSR count). The van der Waals surface area contributed by atoms with Crippen LogP contribution < -0.4 is 4.74 Å². The van der Waals surface area contributed by atoms with Crippen LogP contribution in [0.3, 0.4) is 0 Å². The number of hydrogen-bond acceptors (Lipinski definition) is 7. The maximum Gasteiger partial charge on any atom is 0.316 e. The van der Waals surface area contributed by atoms with E-state index < -0.39 is 11.2 Å². The van der Waals surface area contributed by atoms with E-state index in [-0.39, 0.29) is 17.8 Å². The highest BCUT2D eigenvalue weighted by atomic mass is 19.1. The van der Waals surface area contributed by atoms with Gasteiger partial charge < -0.3 is 9.47 Å². The normalized spacial score (nSPS) is 15.9. The van der Waals surface area contributed by atoms with E-state index in [1.54, 1.807) is 29.5 Å². The van der Waals surface area contributed by atoms with Crippen LogP contribution in [0.15, 0.2) is 55.1 Å². The van der Waals surface area contributed by atoms with Gasteiger partial charge >= 0.3 is 5.97 Å². The van der Waals surface area contributed by atoms with Gasteiger partial charge in [0.25, 0.3) is 0 Å². The van der Waals surface area contributed by atoms with Gasteiger partial charge in [0.05, 0.1) is 36.3 Å². The minimum atomic E-state index is -0.536. The maximum atomic E-state index is 15.4. The maximum absolute atomic E-state index is 15.4. The zero-order chi connectivity index (χ0) is 25.6. The number of ether oxygens (including phenoxy) is 2. The number of esters is 1. The lowest BCUT2D eigenvalue weighted by atomic mass is 9.94. The summed E-state index contributed by atoms with van der Waals surface area (Å²) in [5, 5.41) is 4.34. The zero-order valence-electron chi connectivity index (χ0n) is 20.6. The van der Waals surface area contributed by atoms with Crippen LogP contribution in [0, 0.1) is 5.82 Å². The Hall–Kier alpha value is -4.14. The number of methoxy groups -OCH3 is 1. The highest BCUT2D eigenvalue weighted by molar-refractivity contribution is 5.86. The quantitative estimate of drug-likeness (QED) is 0.332. The largest absolute Gasteiger partial charge is 0.473 e. The summed E-state index contributed by atoms with van der Waals surface area (Å²) < 4.78 is 27.8. The molecule has 0 spiro atoms. The smallest absolute Gasteiger partial charge is 0.316 e. The average molecular weight is 500 g/mol. The van der Waals surface area contributed by atoms with Gasteiger partial charge in [-0.1, -0.05) is 24.3 Å². The van der Waals surface area contributed by atoms with E-state index in [0.717, 1.165) is 42.5 Å². The highest BCUT2D eigenvalue weighted by Gasteiger charge is 2.52. The predicted molar refractivity (Wildman–Crippen MR) is 133 cm³/mol. The summed E-state index contributed by atoms with van der Waals surface area (Å²) in [5.74, 6) is -0.152. The number of aromatic nitrogens is 5. The zero-order valence-corrected chi connectivity index (χ0v) is 20.6. The third-order valence-electron chi connectivity index (χ3n) is 7.08. The molecule has 0 bridgehead atoms. The van der Waals surface area contributed by atoms with Crippen LogP contribution in [0.25, 0.3) is 22.4 Å². The molecule has 0 saturated heterocycles. The lowest BCUT2D eigenvalue weighted by molar-refractivity contribution is -0.143. The molecule has 2 aliphatic rings. The van der Waals surface area contributed by atoms with Crippen LogP contribution in [0.4, 0.5) is 4.39 Å². The average Bonchev–Trinajstić information content (AvgIpc) is 3.85. The van der Waals surface area contributed by atoms with Crippen molar-refractivity contribution >= 4 is 5.97 Å².